The molecule has 4 rings (SSSR count). The monoisotopic (exact) mass is 334 g/mol. The van der Waals surface area contributed by atoms with E-state index in [0.29, 0.717) is 0 Å². The molecule has 0 bridgehead atoms. The molecule has 0 amide bonds. The number of nitrogens with one attached hydrogen (secondary N) is 2. The highest BCUT2D eigenvalue weighted by Crippen LogP contribution is 2.37. The lowest BCUT2D eigenvalue weighted by Crippen LogP contribution is -2.31. The molecule has 0 aliphatic carbocycles. The fraction of sp³-hybridized carbons (Fsp3) is 0.364. The maximum Gasteiger partial charge on any atom is 0.122 e. The lowest BCUT2D eigenvalue weighted by atomic mass is 9.90. The van der Waals surface area contributed by atoms with E-state index in [-0.39, 0.29) is 6.04 Å². The topological polar surface area (TPSA) is 37.0 Å². The first kappa shape index (κ1) is 16.2. The smallest absolute Gasteiger partial charge is 0.122 e. The van der Waals surface area contributed by atoms with Crippen LogP contribution in [0.3, 0.4) is 0 Å². The normalized spacial score (nSPS) is 16.9. The third kappa shape index (κ3) is 2.46. The molecule has 2 aromatic carbocycles. The summed E-state index contributed by atoms with van der Waals surface area (Å²) in [5, 5.41) is 5.11. The zero-order chi connectivity index (χ0) is 17.7. The number of ether oxygens (including phenoxy) is 1. The van der Waals surface area contributed by atoms with Crippen LogP contribution in [-0.4, -0.2) is 18.6 Å². The first-order valence-electron chi connectivity index (χ1n) is 9.00. The minimum absolute atomic E-state index is 0.209. The van der Waals surface area contributed by atoms with E-state index in [1.165, 1.54) is 50.0 Å². The van der Waals surface area contributed by atoms with E-state index in [1.807, 2.05) is 0 Å². The Balaban J connectivity index is 1.91. The lowest BCUT2D eigenvalue weighted by Gasteiger charge is -2.27. The highest BCUT2D eigenvalue weighted by Gasteiger charge is 2.27. The van der Waals surface area contributed by atoms with Gasteiger partial charge in [-0.1, -0.05) is 17.7 Å². The summed E-state index contributed by atoms with van der Waals surface area (Å²) in [5.74, 6) is 0.959. The molecule has 2 N–H and O–H groups in total. The summed E-state index contributed by atoms with van der Waals surface area (Å²) < 4.78 is 5.49. The van der Waals surface area contributed by atoms with Gasteiger partial charge in [-0.2, -0.15) is 0 Å². The first-order valence-corrected chi connectivity index (χ1v) is 9.00. The van der Waals surface area contributed by atoms with E-state index >= 15 is 0 Å². The SMILES string of the molecule is COc1ccc(C2NCCc3c2[nH]c2c(C)cc(C)cc32)c(C)c1C. The van der Waals surface area contributed by atoms with E-state index in [1.54, 1.807) is 7.11 Å². The molecule has 3 nitrogen and oxygen atoms in total. The van der Waals surface area contributed by atoms with Gasteiger partial charge in [0.05, 0.1) is 13.2 Å². The largest absolute Gasteiger partial charge is 0.496 e. The van der Waals surface area contributed by atoms with Crippen molar-refractivity contribution in [2.24, 2.45) is 0 Å². The van der Waals surface area contributed by atoms with Gasteiger partial charge in [0.2, 0.25) is 0 Å². The summed E-state index contributed by atoms with van der Waals surface area (Å²) in [6, 6.07) is 9.09. The number of aryl methyl sites for hydroxylation is 2. The molecular weight excluding hydrogens is 308 g/mol. The molecule has 1 unspecified atom stereocenters. The summed E-state index contributed by atoms with van der Waals surface area (Å²) in [5.41, 5.74) is 10.6. The maximum absolute atomic E-state index is 5.49. The van der Waals surface area contributed by atoms with Crippen molar-refractivity contribution < 1.29 is 4.74 Å². The summed E-state index contributed by atoms with van der Waals surface area (Å²) in [6.45, 7) is 9.72. The predicted octanol–water partition coefficient (Wildman–Crippen LogP) is 4.65. The first-order chi connectivity index (χ1) is 12.0. The van der Waals surface area contributed by atoms with E-state index in [2.05, 4.69) is 62.3 Å². The van der Waals surface area contributed by atoms with Gasteiger partial charge in [0, 0.05) is 23.1 Å². The Morgan fingerprint density at radius 3 is 2.60 bits per heavy atom. The van der Waals surface area contributed by atoms with Gasteiger partial charge in [-0.15, -0.1) is 0 Å². The average Bonchev–Trinajstić information content (AvgIpc) is 2.97. The highest BCUT2D eigenvalue weighted by atomic mass is 16.5. The van der Waals surface area contributed by atoms with Crippen LogP contribution in [0.1, 0.15) is 45.1 Å². The number of hydrogen-bond donors (Lipinski definition) is 2. The Labute approximate surface area is 149 Å². The van der Waals surface area contributed by atoms with Crippen molar-refractivity contribution in [3.05, 3.63) is 63.3 Å². The van der Waals surface area contributed by atoms with Crippen LogP contribution in [0.5, 0.6) is 5.75 Å². The zero-order valence-electron chi connectivity index (χ0n) is 15.7. The molecule has 3 heteroatoms. The van der Waals surface area contributed by atoms with Gasteiger partial charge < -0.3 is 15.0 Å². The van der Waals surface area contributed by atoms with Crippen molar-refractivity contribution in [2.45, 2.75) is 40.2 Å². The lowest BCUT2D eigenvalue weighted by molar-refractivity contribution is 0.410. The highest BCUT2D eigenvalue weighted by molar-refractivity contribution is 5.88. The van der Waals surface area contributed by atoms with Crippen LogP contribution in [0, 0.1) is 27.7 Å². The second kappa shape index (κ2) is 5.92. The van der Waals surface area contributed by atoms with Gasteiger partial charge in [-0.05, 0) is 74.1 Å². The van der Waals surface area contributed by atoms with E-state index < -0.39 is 0 Å². The second-order valence-corrected chi connectivity index (χ2v) is 7.27. The Morgan fingerprint density at radius 2 is 1.84 bits per heavy atom. The summed E-state index contributed by atoms with van der Waals surface area (Å²) in [4.78, 5) is 3.74. The average molecular weight is 334 g/mol. The van der Waals surface area contributed by atoms with Crippen LogP contribution in [0.15, 0.2) is 24.3 Å². The Bertz CT molecular complexity index is 968. The molecule has 0 saturated carbocycles. The van der Waals surface area contributed by atoms with E-state index in [4.69, 9.17) is 4.74 Å². The molecule has 0 fully saturated rings. The molecule has 25 heavy (non-hydrogen) atoms. The number of benzene rings is 2. The van der Waals surface area contributed by atoms with Crippen molar-refractivity contribution in [3.63, 3.8) is 0 Å². The maximum atomic E-state index is 5.49. The number of hydrogen-bond acceptors (Lipinski definition) is 2. The molecule has 1 aliphatic rings. The third-order valence-corrected chi connectivity index (χ3v) is 5.71. The Kier molecular flexibility index (Phi) is 3.84. The van der Waals surface area contributed by atoms with Gasteiger partial charge in [0.25, 0.3) is 0 Å². The quantitative estimate of drug-likeness (QED) is 0.716. The number of aromatic nitrogens is 1. The standard InChI is InChI=1S/C22H26N2O/c1-12-10-13(2)20-18(11-12)17-8-9-23-21(22(17)24-20)16-6-7-19(25-5)15(4)14(16)3/h6-7,10-11,21,23-24H,8-9H2,1-5H3. The van der Waals surface area contributed by atoms with Crippen LogP contribution < -0.4 is 10.1 Å². The summed E-state index contributed by atoms with van der Waals surface area (Å²) in [6.07, 6.45) is 1.07. The van der Waals surface area contributed by atoms with Gasteiger partial charge in [-0.25, -0.2) is 0 Å². The van der Waals surface area contributed by atoms with Crippen molar-refractivity contribution >= 4 is 10.9 Å². The molecule has 0 radical (unpaired) electrons. The van der Waals surface area contributed by atoms with Gasteiger partial charge in [-0.3, -0.25) is 0 Å². The van der Waals surface area contributed by atoms with Crippen LogP contribution in [0.2, 0.25) is 0 Å². The molecule has 130 valence electrons. The third-order valence-electron chi connectivity index (χ3n) is 5.71. The van der Waals surface area contributed by atoms with E-state index in [9.17, 15) is 0 Å². The fourth-order valence-electron chi connectivity index (χ4n) is 4.30. The van der Waals surface area contributed by atoms with Crippen molar-refractivity contribution in [1.82, 2.24) is 10.3 Å². The summed E-state index contributed by atoms with van der Waals surface area (Å²) in [7, 11) is 1.74. The van der Waals surface area contributed by atoms with Crippen LogP contribution >= 0.6 is 0 Å². The molecular formula is C22H26N2O. The molecule has 1 aliphatic heterocycles. The van der Waals surface area contributed by atoms with Crippen LogP contribution in [-0.2, 0) is 6.42 Å². The van der Waals surface area contributed by atoms with Gasteiger partial charge in [0.15, 0.2) is 0 Å². The minimum atomic E-state index is 0.209. The number of fused-ring (bicyclic) bond motifs is 3. The van der Waals surface area contributed by atoms with Crippen molar-refractivity contribution in [1.29, 1.82) is 0 Å². The number of rotatable bonds is 2. The Hall–Kier alpha value is -2.26. The molecule has 1 atom stereocenters. The fourth-order valence-corrected chi connectivity index (χ4v) is 4.30. The molecule has 0 spiro atoms. The molecule has 3 aromatic rings. The van der Waals surface area contributed by atoms with Crippen LogP contribution in [0.25, 0.3) is 10.9 Å². The Morgan fingerprint density at radius 1 is 1.04 bits per heavy atom. The molecule has 1 aromatic heterocycles. The number of H-pyrrole nitrogens is 1. The van der Waals surface area contributed by atoms with Gasteiger partial charge >= 0.3 is 0 Å². The number of methoxy groups -OCH3 is 1. The molecule has 2 heterocycles. The molecule has 0 saturated heterocycles. The van der Waals surface area contributed by atoms with E-state index in [0.717, 1.165) is 18.7 Å². The zero-order valence-corrected chi connectivity index (χ0v) is 15.7. The minimum Gasteiger partial charge on any atom is -0.496 e. The van der Waals surface area contributed by atoms with Gasteiger partial charge in [0.1, 0.15) is 5.75 Å². The summed E-state index contributed by atoms with van der Waals surface area (Å²) >= 11 is 0. The predicted molar refractivity (Wildman–Crippen MR) is 104 cm³/mol. The second-order valence-electron chi connectivity index (χ2n) is 7.27. The van der Waals surface area contributed by atoms with Crippen LogP contribution in [0.4, 0.5) is 0 Å². The van der Waals surface area contributed by atoms with Crippen molar-refractivity contribution in [3.8, 4) is 5.75 Å². The van der Waals surface area contributed by atoms with Crippen molar-refractivity contribution in [2.75, 3.05) is 13.7 Å². The number of aromatic amines is 1.